The zero-order valence-electron chi connectivity index (χ0n) is 16.1. The van der Waals surface area contributed by atoms with Gasteiger partial charge in [-0.2, -0.15) is 0 Å². The SMILES string of the molecule is CCCC(CCC)C(=O)N1CCC(n2cc(C(C)(C)C)nn2)CC1. The number of hydrogen-bond acceptors (Lipinski definition) is 3. The molecule has 0 spiro atoms. The molecule has 1 amide bonds. The number of nitrogens with zero attached hydrogens (tertiary/aromatic N) is 4. The van der Waals surface area contributed by atoms with Crippen molar-refractivity contribution >= 4 is 5.91 Å². The van der Waals surface area contributed by atoms with Gasteiger partial charge in [-0.15, -0.1) is 5.10 Å². The molecule has 5 heteroatoms. The number of aromatic nitrogens is 3. The Bertz CT molecular complexity index is 518. The fraction of sp³-hybridized carbons (Fsp3) is 0.842. The van der Waals surface area contributed by atoms with Crippen LogP contribution in [0.4, 0.5) is 0 Å². The minimum atomic E-state index is 0.0302. The van der Waals surface area contributed by atoms with Crippen LogP contribution in [0.5, 0.6) is 0 Å². The Balaban J connectivity index is 1.93. The molecule has 1 aliphatic heterocycles. The summed E-state index contributed by atoms with van der Waals surface area (Å²) in [5, 5.41) is 8.66. The standard InChI is InChI=1S/C19H34N4O/c1-6-8-15(9-7-2)18(24)22-12-10-16(11-13-22)23-14-17(20-21-23)19(3,4)5/h14-16H,6-13H2,1-5H3. The second kappa shape index (κ2) is 8.13. The summed E-state index contributed by atoms with van der Waals surface area (Å²) >= 11 is 0. The molecule has 1 aliphatic rings. The van der Waals surface area contributed by atoms with E-state index >= 15 is 0 Å². The van der Waals surface area contributed by atoms with Gasteiger partial charge in [0.25, 0.3) is 0 Å². The zero-order chi connectivity index (χ0) is 17.7. The maximum absolute atomic E-state index is 12.7. The number of likely N-dealkylation sites (tertiary alicyclic amines) is 1. The van der Waals surface area contributed by atoms with E-state index in [-0.39, 0.29) is 11.3 Å². The maximum Gasteiger partial charge on any atom is 0.225 e. The van der Waals surface area contributed by atoms with E-state index in [1.54, 1.807) is 0 Å². The lowest BCUT2D eigenvalue weighted by Crippen LogP contribution is -2.42. The maximum atomic E-state index is 12.7. The van der Waals surface area contributed by atoms with Crippen LogP contribution in [0.2, 0.25) is 0 Å². The Labute approximate surface area is 146 Å². The summed E-state index contributed by atoms with van der Waals surface area (Å²) in [5.74, 6) is 0.585. The zero-order valence-corrected chi connectivity index (χ0v) is 16.1. The molecule has 2 rings (SSSR count). The minimum absolute atomic E-state index is 0.0302. The van der Waals surface area contributed by atoms with Crippen LogP contribution < -0.4 is 0 Å². The smallest absolute Gasteiger partial charge is 0.225 e. The van der Waals surface area contributed by atoms with Crippen molar-refractivity contribution in [3.05, 3.63) is 11.9 Å². The van der Waals surface area contributed by atoms with Gasteiger partial charge in [-0.05, 0) is 25.7 Å². The molecule has 0 N–H and O–H groups in total. The number of piperidine rings is 1. The van der Waals surface area contributed by atoms with Crippen LogP contribution in [0.3, 0.4) is 0 Å². The monoisotopic (exact) mass is 334 g/mol. The third-order valence-electron chi connectivity index (χ3n) is 5.05. The highest BCUT2D eigenvalue weighted by Gasteiger charge is 2.29. The average molecular weight is 335 g/mol. The molecule has 0 aliphatic carbocycles. The van der Waals surface area contributed by atoms with E-state index < -0.39 is 0 Å². The lowest BCUT2D eigenvalue weighted by atomic mass is 9.93. The first-order chi connectivity index (χ1) is 11.4. The number of carbonyl (C=O) groups excluding carboxylic acids is 1. The van der Waals surface area contributed by atoms with Gasteiger partial charge in [0.15, 0.2) is 0 Å². The van der Waals surface area contributed by atoms with E-state index in [4.69, 9.17) is 0 Å². The summed E-state index contributed by atoms with van der Waals surface area (Å²) in [7, 11) is 0. The molecule has 5 nitrogen and oxygen atoms in total. The topological polar surface area (TPSA) is 51.0 Å². The highest BCUT2D eigenvalue weighted by Crippen LogP contribution is 2.27. The van der Waals surface area contributed by atoms with Gasteiger partial charge in [0.2, 0.25) is 5.91 Å². The lowest BCUT2D eigenvalue weighted by molar-refractivity contribution is -0.137. The van der Waals surface area contributed by atoms with Gasteiger partial charge in [-0.3, -0.25) is 4.79 Å². The van der Waals surface area contributed by atoms with Crippen molar-refractivity contribution < 1.29 is 4.79 Å². The Hall–Kier alpha value is -1.39. The molecule has 0 unspecified atom stereocenters. The van der Waals surface area contributed by atoms with Crippen molar-refractivity contribution in [1.29, 1.82) is 0 Å². The van der Waals surface area contributed by atoms with Crippen molar-refractivity contribution in [3.8, 4) is 0 Å². The molecule has 136 valence electrons. The van der Waals surface area contributed by atoms with Gasteiger partial charge in [-0.25, -0.2) is 4.68 Å². The molecule has 1 saturated heterocycles. The molecule has 1 aromatic rings. The van der Waals surface area contributed by atoms with Gasteiger partial charge in [0, 0.05) is 30.6 Å². The van der Waals surface area contributed by atoms with Gasteiger partial charge in [0.05, 0.1) is 11.7 Å². The van der Waals surface area contributed by atoms with Crippen LogP contribution in [-0.2, 0) is 10.2 Å². The van der Waals surface area contributed by atoms with Crippen LogP contribution in [-0.4, -0.2) is 38.9 Å². The molecule has 1 aromatic heterocycles. The Morgan fingerprint density at radius 3 is 2.25 bits per heavy atom. The molecule has 0 aromatic carbocycles. The van der Waals surface area contributed by atoms with E-state index in [2.05, 4.69) is 56.0 Å². The largest absolute Gasteiger partial charge is 0.342 e. The molecule has 0 atom stereocenters. The fourth-order valence-electron chi connectivity index (χ4n) is 3.50. The van der Waals surface area contributed by atoms with Crippen LogP contribution in [0.1, 0.15) is 84.9 Å². The van der Waals surface area contributed by atoms with Crippen LogP contribution in [0.15, 0.2) is 6.20 Å². The van der Waals surface area contributed by atoms with E-state index in [9.17, 15) is 4.79 Å². The van der Waals surface area contributed by atoms with Crippen LogP contribution in [0, 0.1) is 5.92 Å². The first-order valence-electron chi connectivity index (χ1n) is 9.57. The Morgan fingerprint density at radius 1 is 1.21 bits per heavy atom. The molecule has 2 heterocycles. The molecule has 24 heavy (non-hydrogen) atoms. The van der Waals surface area contributed by atoms with E-state index in [0.29, 0.717) is 11.9 Å². The first kappa shape index (κ1) is 18.9. The molecule has 0 radical (unpaired) electrons. The first-order valence-corrected chi connectivity index (χ1v) is 9.57. The molecule has 0 bridgehead atoms. The predicted octanol–water partition coefficient (Wildman–Crippen LogP) is 3.96. The fourth-order valence-corrected chi connectivity index (χ4v) is 3.50. The summed E-state index contributed by atoms with van der Waals surface area (Å²) < 4.78 is 2.01. The van der Waals surface area contributed by atoms with Crippen molar-refractivity contribution in [2.75, 3.05) is 13.1 Å². The second-order valence-corrected chi connectivity index (χ2v) is 8.16. The van der Waals surface area contributed by atoms with E-state index in [1.165, 1.54) is 0 Å². The Morgan fingerprint density at radius 2 is 1.79 bits per heavy atom. The van der Waals surface area contributed by atoms with Gasteiger partial charge in [0.1, 0.15) is 0 Å². The van der Waals surface area contributed by atoms with Gasteiger partial charge >= 0.3 is 0 Å². The molecule has 1 fully saturated rings. The summed E-state index contributed by atoms with van der Waals surface area (Å²) in [4.78, 5) is 14.8. The van der Waals surface area contributed by atoms with Crippen LogP contribution >= 0.6 is 0 Å². The summed E-state index contributed by atoms with van der Waals surface area (Å²) in [6, 6.07) is 0.369. The van der Waals surface area contributed by atoms with Crippen LogP contribution in [0.25, 0.3) is 0 Å². The molecule has 0 saturated carbocycles. The summed E-state index contributed by atoms with van der Waals surface area (Å²) in [6.45, 7) is 12.5. The third-order valence-corrected chi connectivity index (χ3v) is 5.05. The molecular weight excluding hydrogens is 300 g/mol. The number of carbonyl (C=O) groups is 1. The van der Waals surface area contributed by atoms with E-state index in [1.807, 2.05) is 4.68 Å². The lowest BCUT2D eigenvalue weighted by Gasteiger charge is -2.34. The number of amides is 1. The van der Waals surface area contributed by atoms with Crippen molar-refractivity contribution in [2.24, 2.45) is 5.92 Å². The van der Waals surface area contributed by atoms with Crippen molar-refractivity contribution in [3.63, 3.8) is 0 Å². The third kappa shape index (κ3) is 4.58. The predicted molar refractivity (Wildman–Crippen MR) is 96.9 cm³/mol. The highest BCUT2D eigenvalue weighted by molar-refractivity contribution is 5.78. The van der Waals surface area contributed by atoms with E-state index in [0.717, 1.165) is 57.3 Å². The summed E-state index contributed by atoms with van der Waals surface area (Å²) in [5.41, 5.74) is 1.06. The quantitative estimate of drug-likeness (QED) is 0.791. The van der Waals surface area contributed by atoms with Gasteiger partial charge < -0.3 is 4.90 Å². The Kier molecular flexibility index (Phi) is 6.41. The molecular formula is C19H34N4O. The van der Waals surface area contributed by atoms with Gasteiger partial charge in [-0.1, -0.05) is 52.7 Å². The number of rotatable bonds is 6. The second-order valence-electron chi connectivity index (χ2n) is 8.16. The summed E-state index contributed by atoms with van der Waals surface area (Å²) in [6.07, 6.45) is 8.24. The van der Waals surface area contributed by atoms with Crippen molar-refractivity contribution in [2.45, 2.75) is 84.6 Å². The normalized spacial score (nSPS) is 16.8. The number of hydrogen-bond donors (Lipinski definition) is 0. The minimum Gasteiger partial charge on any atom is -0.342 e. The highest BCUT2D eigenvalue weighted by atomic mass is 16.2. The van der Waals surface area contributed by atoms with Crippen molar-refractivity contribution in [1.82, 2.24) is 19.9 Å². The average Bonchev–Trinajstić information content (AvgIpc) is 3.04.